The smallest absolute Gasteiger partial charge is 0.250 e. The van der Waals surface area contributed by atoms with Crippen molar-refractivity contribution in [1.29, 1.82) is 0 Å². The number of halogens is 6. The maximum Gasteiger partial charge on any atom is 0.250 e. The van der Waals surface area contributed by atoms with Gasteiger partial charge in [-0.05, 0) is 61.7 Å². The van der Waals surface area contributed by atoms with Crippen molar-refractivity contribution >= 4 is 29.5 Å². The van der Waals surface area contributed by atoms with E-state index < -0.39 is 39.9 Å². The molecule has 0 atom stereocenters. The zero-order valence-corrected chi connectivity index (χ0v) is 36.1. The number of primary amides is 2. The second kappa shape index (κ2) is 17.3. The van der Waals surface area contributed by atoms with E-state index in [1.165, 1.54) is 11.9 Å². The minimum absolute atomic E-state index is 0.00463. The summed E-state index contributed by atoms with van der Waals surface area (Å²) in [4.78, 5) is 57.3. The third-order valence-corrected chi connectivity index (χ3v) is 13.9. The fraction of sp³-hybridized carbons (Fsp3) is 0.878. The third-order valence-electron chi connectivity index (χ3n) is 13.9. The minimum atomic E-state index is -2.68. The van der Waals surface area contributed by atoms with Crippen molar-refractivity contribution < 1.29 is 50.3 Å². The highest BCUT2D eigenvalue weighted by Gasteiger charge is 2.64. The zero-order chi connectivity index (χ0) is 44.5. The van der Waals surface area contributed by atoms with Crippen molar-refractivity contribution in [2.24, 2.45) is 68.1 Å². The topological polar surface area (TPSA) is 165 Å². The maximum absolute atomic E-state index is 12.8. The molecule has 5 amide bonds. The summed E-state index contributed by atoms with van der Waals surface area (Å²) in [5.74, 6) is -7.64. The molecule has 0 unspecified atom stereocenters. The van der Waals surface area contributed by atoms with Crippen LogP contribution in [0.3, 0.4) is 0 Å². The number of carbonyl (C=O) groups is 5. The van der Waals surface area contributed by atoms with Crippen LogP contribution in [0.15, 0.2) is 0 Å². The Labute approximate surface area is 335 Å². The van der Waals surface area contributed by atoms with E-state index in [1.807, 2.05) is 27.7 Å². The molecule has 0 spiro atoms. The molecular formula is C41H69F6N5O5. The van der Waals surface area contributed by atoms with Gasteiger partial charge in [-0.2, -0.15) is 0 Å². The number of hydrogen-bond acceptors (Lipinski definition) is 5. The SMILES string of the molecule is CC(C)C1(C(=O)N(C)C)CC(F)(F)C1.CC(C)C1(C(N)=O)CC(F)(F)C1.CNC(=O)C1(C(C)C)CC(F)(F)C1.CNC(=O)C1(C(C)C)CC1.NC(=O)C12CC(C1)C2. The molecule has 7 saturated carbocycles. The van der Waals surface area contributed by atoms with Crippen molar-refractivity contribution in [2.45, 2.75) is 144 Å². The molecule has 57 heavy (non-hydrogen) atoms. The highest BCUT2D eigenvalue weighted by Crippen LogP contribution is 2.64. The van der Waals surface area contributed by atoms with Gasteiger partial charge in [0.15, 0.2) is 0 Å². The maximum atomic E-state index is 12.8. The van der Waals surface area contributed by atoms with E-state index in [0.29, 0.717) is 5.92 Å². The molecule has 7 aliphatic rings. The van der Waals surface area contributed by atoms with Gasteiger partial charge in [0.1, 0.15) is 0 Å². The first-order valence-corrected chi connectivity index (χ1v) is 20.1. The van der Waals surface area contributed by atoms with Gasteiger partial charge >= 0.3 is 0 Å². The lowest BCUT2D eigenvalue weighted by atomic mass is 9.44. The molecule has 0 radical (unpaired) electrons. The fourth-order valence-corrected chi connectivity index (χ4v) is 9.04. The van der Waals surface area contributed by atoms with Crippen molar-refractivity contribution in [2.75, 3.05) is 28.2 Å². The van der Waals surface area contributed by atoms with Gasteiger partial charge in [0.25, 0.3) is 0 Å². The number of alkyl halides is 6. The number of carbonyl (C=O) groups excluding carboxylic acids is 5. The molecule has 7 fully saturated rings. The summed E-state index contributed by atoms with van der Waals surface area (Å²) in [6.45, 7) is 15.0. The highest BCUT2D eigenvalue weighted by atomic mass is 19.3. The lowest BCUT2D eigenvalue weighted by molar-refractivity contribution is -0.196. The molecule has 6 N–H and O–H groups in total. The molecule has 0 aliphatic heterocycles. The van der Waals surface area contributed by atoms with Crippen molar-refractivity contribution in [1.82, 2.24) is 15.5 Å². The van der Waals surface area contributed by atoms with E-state index >= 15 is 0 Å². The Balaban J connectivity index is 0.000000248. The quantitative estimate of drug-likeness (QED) is 0.185. The zero-order valence-electron chi connectivity index (χ0n) is 36.1. The second-order valence-electron chi connectivity index (χ2n) is 19.2. The predicted molar refractivity (Wildman–Crippen MR) is 206 cm³/mol. The molecule has 0 heterocycles. The number of nitrogens with zero attached hydrogens (tertiary/aromatic N) is 1. The Morgan fingerprint density at radius 3 is 0.965 bits per heavy atom. The Kier molecular flexibility index (Phi) is 15.2. The van der Waals surface area contributed by atoms with Crippen LogP contribution < -0.4 is 22.1 Å². The number of amides is 5. The van der Waals surface area contributed by atoms with Gasteiger partial charge in [0.05, 0.1) is 21.7 Å². The van der Waals surface area contributed by atoms with Crippen LogP contribution in [0.4, 0.5) is 26.3 Å². The lowest BCUT2D eigenvalue weighted by Crippen LogP contribution is -2.59. The van der Waals surface area contributed by atoms with E-state index in [4.69, 9.17) is 11.5 Å². The van der Waals surface area contributed by atoms with Crippen LogP contribution in [-0.4, -0.2) is 80.4 Å². The van der Waals surface area contributed by atoms with Crippen molar-refractivity contribution in [3.63, 3.8) is 0 Å². The lowest BCUT2D eigenvalue weighted by Gasteiger charge is -2.59. The normalized spacial score (nSPS) is 26.9. The first-order chi connectivity index (χ1) is 25.7. The van der Waals surface area contributed by atoms with Gasteiger partial charge in [0, 0.05) is 72.1 Å². The molecule has 7 aliphatic carbocycles. The monoisotopic (exact) mass is 826 g/mol. The average molecular weight is 826 g/mol. The average Bonchev–Trinajstić information content (AvgIpc) is 3.81. The van der Waals surface area contributed by atoms with Gasteiger partial charge in [-0.3, -0.25) is 24.0 Å². The van der Waals surface area contributed by atoms with Crippen LogP contribution in [0.1, 0.15) is 126 Å². The van der Waals surface area contributed by atoms with E-state index in [2.05, 4.69) is 24.5 Å². The van der Waals surface area contributed by atoms with Crippen LogP contribution >= 0.6 is 0 Å². The molecule has 16 heteroatoms. The first-order valence-electron chi connectivity index (χ1n) is 20.1. The summed E-state index contributed by atoms with van der Waals surface area (Å²) in [6, 6.07) is 0. The van der Waals surface area contributed by atoms with Crippen molar-refractivity contribution in [3.8, 4) is 0 Å². The van der Waals surface area contributed by atoms with Gasteiger partial charge < -0.3 is 27.0 Å². The number of hydrogen-bond donors (Lipinski definition) is 4. The molecule has 2 bridgehead atoms. The van der Waals surface area contributed by atoms with Gasteiger partial charge in [-0.15, -0.1) is 0 Å². The van der Waals surface area contributed by atoms with Crippen LogP contribution in [0, 0.1) is 56.7 Å². The summed E-state index contributed by atoms with van der Waals surface area (Å²) < 4.78 is 76.2. The number of nitrogens with one attached hydrogen (secondary N) is 2. The molecule has 10 nitrogen and oxygen atoms in total. The van der Waals surface area contributed by atoms with Crippen LogP contribution in [-0.2, 0) is 24.0 Å². The molecule has 330 valence electrons. The molecule has 0 aromatic rings. The summed E-state index contributed by atoms with van der Waals surface area (Å²) in [5.41, 5.74) is 7.61. The number of nitrogens with two attached hydrogens (primary N) is 2. The van der Waals surface area contributed by atoms with E-state index in [0.717, 1.165) is 38.0 Å². The Hall–Kier alpha value is -3.07. The minimum Gasteiger partial charge on any atom is -0.369 e. The summed E-state index contributed by atoms with van der Waals surface area (Å²) >= 11 is 0. The van der Waals surface area contributed by atoms with Crippen LogP contribution in [0.5, 0.6) is 0 Å². The summed E-state index contributed by atoms with van der Waals surface area (Å²) in [5, 5.41) is 5.16. The van der Waals surface area contributed by atoms with Gasteiger partial charge in [-0.1, -0.05) is 55.4 Å². The predicted octanol–water partition coefficient (Wildman–Crippen LogP) is 6.93. The van der Waals surface area contributed by atoms with Crippen LogP contribution in [0.25, 0.3) is 0 Å². The molecule has 0 aromatic carbocycles. The summed E-state index contributed by atoms with van der Waals surface area (Å²) in [7, 11) is 6.43. The fourth-order valence-electron chi connectivity index (χ4n) is 9.04. The molecule has 7 rings (SSSR count). The molecular weight excluding hydrogens is 756 g/mol. The van der Waals surface area contributed by atoms with E-state index in [9.17, 15) is 50.3 Å². The number of rotatable bonds is 9. The van der Waals surface area contributed by atoms with E-state index in [1.54, 1.807) is 35.0 Å². The first kappa shape index (κ1) is 50.1. The standard InChI is InChI=1S/C10H17F2NO.C9H15F2NO.C8H13F2NO.C8H15NO.C6H9NO/c1-7(2)9(8(14)13(3)4)5-10(11,12)6-9;1-6(2)8(7(13)12-3)4-9(10,11)5-8;1-5(2)7(6(11)12)3-8(9,10)4-7;1-6(2)8(4-5-8)7(10)9-3;7-5(8)6-1-4(2-6)3-6/h7H,5-6H2,1-4H3;6H,4-5H2,1-3H3,(H,12,13);5H,3-4H2,1-2H3,(H2,11,12);6H,4-5H2,1-3H3,(H,9,10);4H,1-3H2,(H2,7,8). The highest BCUT2D eigenvalue weighted by molar-refractivity contribution is 5.86. The Bertz CT molecular complexity index is 1450. The van der Waals surface area contributed by atoms with Gasteiger partial charge in [-0.25, -0.2) is 26.3 Å². The van der Waals surface area contributed by atoms with E-state index in [-0.39, 0.29) is 90.7 Å². The largest absolute Gasteiger partial charge is 0.369 e. The van der Waals surface area contributed by atoms with Crippen molar-refractivity contribution in [3.05, 3.63) is 0 Å². The summed E-state index contributed by atoms with van der Waals surface area (Å²) in [6.07, 6.45) is 3.43. The molecule has 0 aromatic heterocycles. The third kappa shape index (κ3) is 10.4. The van der Waals surface area contributed by atoms with Gasteiger partial charge in [0.2, 0.25) is 47.3 Å². The molecule has 0 saturated heterocycles. The Morgan fingerprint density at radius 1 is 0.526 bits per heavy atom. The Morgan fingerprint density at radius 2 is 0.825 bits per heavy atom. The second-order valence-corrected chi connectivity index (χ2v) is 19.2. The van der Waals surface area contributed by atoms with Crippen LogP contribution in [0.2, 0.25) is 0 Å².